The number of halogens is 1. The van der Waals surface area contributed by atoms with E-state index < -0.39 is 10.0 Å². The minimum absolute atomic E-state index is 0.116. The molecule has 1 aliphatic rings. The fourth-order valence-corrected chi connectivity index (χ4v) is 6.21. The summed E-state index contributed by atoms with van der Waals surface area (Å²) in [4.78, 5) is 9.74. The van der Waals surface area contributed by atoms with Crippen LogP contribution in [-0.4, -0.2) is 18.4 Å². The number of fused-ring (bicyclic) bond motifs is 4. The molecule has 0 spiro atoms. The van der Waals surface area contributed by atoms with Crippen LogP contribution in [0.25, 0.3) is 33.3 Å². The molecule has 2 heterocycles. The topological polar surface area (TPSA) is 63.2 Å². The predicted octanol–water partition coefficient (Wildman–Crippen LogP) is 6.57. The molecule has 0 bridgehead atoms. The SMILES string of the molecule is O=S1(=O)c2ccccc2-c2cc(Br)ccc2N1c1nc(-c2ccccc2)c2ccccc2n1. The van der Waals surface area contributed by atoms with Gasteiger partial charge in [0.1, 0.15) is 0 Å². The highest BCUT2D eigenvalue weighted by atomic mass is 79.9. The Balaban J connectivity index is 1.69. The normalized spacial score (nSPS) is 14.0. The van der Waals surface area contributed by atoms with Crippen molar-refractivity contribution in [2.45, 2.75) is 4.90 Å². The molecule has 0 aliphatic carbocycles. The fourth-order valence-electron chi connectivity index (χ4n) is 4.23. The maximum absolute atomic E-state index is 13.9. The quantitative estimate of drug-likeness (QED) is 0.268. The lowest BCUT2D eigenvalue weighted by Gasteiger charge is -2.31. The molecule has 5 nitrogen and oxygen atoms in total. The first-order valence-corrected chi connectivity index (χ1v) is 12.5. The fraction of sp³-hybridized carbons (Fsp3) is 0. The molecule has 33 heavy (non-hydrogen) atoms. The Morgan fingerprint density at radius 2 is 1.45 bits per heavy atom. The monoisotopic (exact) mass is 513 g/mol. The van der Waals surface area contributed by atoms with Gasteiger partial charge in [-0.15, -0.1) is 0 Å². The van der Waals surface area contributed by atoms with Crippen LogP contribution >= 0.6 is 15.9 Å². The highest BCUT2D eigenvalue weighted by Gasteiger charge is 2.38. The molecule has 0 radical (unpaired) electrons. The van der Waals surface area contributed by atoms with Gasteiger partial charge < -0.3 is 0 Å². The van der Waals surface area contributed by atoms with E-state index in [0.717, 1.165) is 21.0 Å². The van der Waals surface area contributed by atoms with Crippen molar-refractivity contribution in [2.24, 2.45) is 0 Å². The number of anilines is 2. The Morgan fingerprint density at radius 3 is 2.30 bits per heavy atom. The van der Waals surface area contributed by atoms with Crippen molar-refractivity contribution in [2.75, 3.05) is 4.31 Å². The molecular weight excluding hydrogens is 498 g/mol. The predicted molar refractivity (Wildman–Crippen MR) is 134 cm³/mol. The zero-order valence-corrected chi connectivity index (χ0v) is 19.6. The van der Waals surface area contributed by atoms with Crippen LogP contribution in [0.15, 0.2) is 106 Å². The summed E-state index contributed by atoms with van der Waals surface area (Å²) in [6, 6.07) is 29.9. The number of para-hydroxylation sites is 1. The molecule has 4 aromatic carbocycles. The average molecular weight is 514 g/mol. The van der Waals surface area contributed by atoms with Gasteiger partial charge in [-0.05, 0) is 30.3 Å². The van der Waals surface area contributed by atoms with E-state index in [9.17, 15) is 8.42 Å². The molecule has 6 rings (SSSR count). The van der Waals surface area contributed by atoms with Crippen LogP contribution in [-0.2, 0) is 10.0 Å². The van der Waals surface area contributed by atoms with Crippen molar-refractivity contribution in [3.05, 3.63) is 102 Å². The van der Waals surface area contributed by atoms with Crippen LogP contribution in [0, 0.1) is 0 Å². The van der Waals surface area contributed by atoms with E-state index in [1.807, 2.05) is 78.9 Å². The maximum Gasteiger partial charge on any atom is 0.271 e. The minimum atomic E-state index is -3.94. The molecule has 0 N–H and O–H groups in total. The molecule has 7 heteroatoms. The van der Waals surface area contributed by atoms with Gasteiger partial charge in [0.15, 0.2) is 0 Å². The molecule has 1 aliphatic heterocycles. The highest BCUT2D eigenvalue weighted by Crippen LogP contribution is 2.47. The van der Waals surface area contributed by atoms with E-state index in [2.05, 4.69) is 15.9 Å². The number of hydrogen-bond acceptors (Lipinski definition) is 4. The molecule has 0 unspecified atom stereocenters. The Hall–Kier alpha value is -3.55. The standard InChI is InChI=1S/C26H16BrN3O2S/c27-18-14-15-23-21(16-18)19-10-5-7-13-24(19)33(31,32)30(23)26-28-22-12-6-4-11-20(22)25(29-26)17-8-2-1-3-9-17/h1-16H. The van der Waals surface area contributed by atoms with Crippen molar-refractivity contribution in [1.29, 1.82) is 0 Å². The van der Waals surface area contributed by atoms with Crippen molar-refractivity contribution in [1.82, 2.24) is 9.97 Å². The van der Waals surface area contributed by atoms with Gasteiger partial charge in [-0.25, -0.2) is 22.7 Å². The van der Waals surface area contributed by atoms with E-state index in [4.69, 9.17) is 9.97 Å². The minimum Gasteiger partial charge on any atom is -0.212 e. The zero-order valence-electron chi connectivity index (χ0n) is 17.2. The summed E-state index contributed by atoms with van der Waals surface area (Å²) in [5.74, 6) is 0.116. The van der Waals surface area contributed by atoms with Gasteiger partial charge in [0, 0.05) is 26.5 Å². The van der Waals surface area contributed by atoms with E-state index in [-0.39, 0.29) is 10.8 Å². The zero-order chi connectivity index (χ0) is 22.6. The molecular formula is C26H16BrN3O2S. The molecule has 0 atom stereocenters. The average Bonchev–Trinajstić information content (AvgIpc) is 2.84. The molecule has 0 fully saturated rings. The molecule has 0 saturated carbocycles. The summed E-state index contributed by atoms with van der Waals surface area (Å²) >= 11 is 3.52. The first-order valence-electron chi connectivity index (χ1n) is 10.3. The Morgan fingerprint density at radius 1 is 0.727 bits per heavy atom. The lowest BCUT2D eigenvalue weighted by Crippen LogP contribution is -2.31. The summed E-state index contributed by atoms with van der Waals surface area (Å²) in [6.45, 7) is 0. The molecule has 5 aromatic rings. The molecule has 160 valence electrons. The van der Waals surface area contributed by atoms with Gasteiger partial charge in [0.05, 0.1) is 21.8 Å². The van der Waals surface area contributed by atoms with E-state index in [1.54, 1.807) is 18.2 Å². The first-order chi connectivity index (χ1) is 16.0. The smallest absolute Gasteiger partial charge is 0.212 e. The molecule has 0 amide bonds. The van der Waals surface area contributed by atoms with Gasteiger partial charge in [0.2, 0.25) is 5.95 Å². The van der Waals surface area contributed by atoms with Crippen molar-refractivity contribution in [3.8, 4) is 22.4 Å². The van der Waals surface area contributed by atoms with Gasteiger partial charge in [0.25, 0.3) is 10.0 Å². The number of rotatable bonds is 2. The summed E-state index contributed by atoms with van der Waals surface area (Å²) < 4.78 is 29.9. The second-order valence-corrected chi connectivity index (χ2v) is 10.4. The summed E-state index contributed by atoms with van der Waals surface area (Å²) in [5, 5.41) is 0.860. The third-order valence-electron chi connectivity index (χ3n) is 5.69. The van der Waals surface area contributed by atoms with E-state index in [0.29, 0.717) is 22.5 Å². The third kappa shape index (κ3) is 3.15. The van der Waals surface area contributed by atoms with Crippen LogP contribution < -0.4 is 4.31 Å². The van der Waals surface area contributed by atoms with Crippen LogP contribution in [0.2, 0.25) is 0 Å². The number of hydrogen-bond donors (Lipinski definition) is 0. The Kier molecular flexibility index (Phi) is 4.57. The highest BCUT2D eigenvalue weighted by molar-refractivity contribution is 9.10. The number of benzene rings is 4. The van der Waals surface area contributed by atoms with Gasteiger partial charge in [-0.2, -0.15) is 0 Å². The second kappa shape index (κ2) is 7.50. The number of sulfonamides is 1. The summed E-state index contributed by atoms with van der Waals surface area (Å²) in [5.41, 5.74) is 4.23. The Labute approximate surface area is 199 Å². The van der Waals surface area contributed by atoms with Crippen molar-refractivity contribution in [3.63, 3.8) is 0 Å². The number of nitrogens with zero attached hydrogens (tertiary/aromatic N) is 3. The molecule has 1 aromatic heterocycles. The van der Waals surface area contributed by atoms with Crippen LogP contribution in [0.3, 0.4) is 0 Å². The lowest BCUT2D eigenvalue weighted by atomic mass is 10.0. The van der Waals surface area contributed by atoms with Gasteiger partial charge in [-0.3, -0.25) is 0 Å². The van der Waals surface area contributed by atoms with Crippen molar-refractivity contribution < 1.29 is 8.42 Å². The van der Waals surface area contributed by atoms with Crippen LogP contribution in [0.4, 0.5) is 11.6 Å². The number of aromatic nitrogens is 2. The first kappa shape index (κ1) is 20.1. The van der Waals surface area contributed by atoms with Gasteiger partial charge in [-0.1, -0.05) is 82.7 Å². The largest absolute Gasteiger partial charge is 0.271 e. The summed E-state index contributed by atoms with van der Waals surface area (Å²) in [7, 11) is -3.94. The second-order valence-electron chi connectivity index (χ2n) is 7.68. The third-order valence-corrected chi connectivity index (χ3v) is 7.94. The van der Waals surface area contributed by atoms with Gasteiger partial charge >= 0.3 is 0 Å². The molecule has 0 saturated heterocycles. The van der Waals surface area contributed by atoms with E-state index >= 15 is 0 Å². The van der Waals surface area contributed by atoms with Crippen LogP contribution in [0.5, 0.6) is 0 Å². The van der Waals surface area contributed by atoms with E-state index in [1.165, 1.54) is 4.31 Å². The summed E-state index contributed by atoms with van der Waals surface area (Å²) in [6.07, 6.45) is 0. The Bertz CT molecular complexity index is 1650. The lowest BCUT2D eigenvalue weighted by molar-refractivity contribution is 0.595. The van der Waals surface area contributed by atoms with Crippen molar-refractivity contribution >= 4 is 48.5 Å². The maximum atomic E-state index is 13.9. The van der Waals surface area contributed by atoms with Crippen LogP contribution in [0.1, 0.15) is 0 Å².